The molecule has 2 aromatic rings. The topological polar surface area (TPSA) is 67.5 Å². The number of nitrogens with one attached hydrogen (secondary N) is 1. The summed E-state index contributed by atoms with van der Waals surface area (Å²) in [6.07, 6.45) is 1.60. The highest BCUT2D eigenvalue weighted by molar-refractivity contribution is 5.68. The van der Waals surface area contributed by atoms with Gasteiger partial charge in [-0.15, -0.1) is 0 Å². The molecule has 2 atom stereocenters. The number of hydrogen-bond acceptors (Lipinski definition) is 4. The van der Waals surface area contributed by atoms with Crippen molar-refractivity contribution in [2.24, 2.45) is 0 Å². The van der Waals surface area contributed by atoms with E-state index in [1.54, 1.807) is 6.20 Å². The van der Waals surface area contributed by atoms with Gasteiger partial charge in [-0.05, 0) is 56.1 Å². The van der Waals surface area contributed by atoms with Gasteiger partial charge in [-0.1, -0.05) is 30.3 Å². The molecule has 0 spiro atoms. The molecule has 0 radical (unpaired) electrons. The minimum Gasteiger partial charge on any atom is -0.440 e. The van der Waals surface area contributed by atoms with E-state index in [1.165, 1.54) is 10.5 Å². The SMILES string of the molecule is O=C(OCC(F)(F)F)N1CCC[C@H](c2cc[nH]n2)[C@@H]1CO[C@H]1CC[C@@H](c2ccccc2)CC1. The molecule has 0 unspecified atom stereocenters. The molecule has 9 heteroatoms. The van der Waals surface area contributed by atoms with Gasteiger partial charge in [0.15, 0.2) is 6.61 Å². The lowest BCUT2D eigenvalue weighted by molar-refractivity contribution is -0.163. The molecule has 0 bridgehead atoms. The van der Waals surface area contributed by atoms with E-state index >= 15 is 0 Å². The highest BCUT2D eigenvalue weighted by Crippen LogP contribution is 2.36. The second kappa shape index (κ2) is 10.6. The molecule has 1 aromatic carbocycles. The number of alkyl halides is 3. The van der Waals surface area contributed by atoms with Crippen molar-refractivity contribution in [2.45, 2.75) is 68.7 Å². The summed E-state index contributed by atoms with van der Waals surface area (Å²) in [6.45, 7) is -1.00. The van der Waals surface area contributed by atoms with Crippen molar-refractivity contribution in [3.8, 4) is 0 Å². The van der Waals surface area contributed by atoms with Crippen molar-refractivity contribution in [3.63, 3.8) is 0 Å². The van der Waals surface area contributed by atoms with Gasteiger partial charge in [-0.3, -0.25) is 5.10 Å². The zero-order chi connectivity index (χ0) is 23.3. The number of H-pyrrole nitrogens is 1. The van der Waals surface area contributed by atoms with Gasteiger partial charge in [-0.25, -0.2) is 4.79 Å². The number of nitrogens with zero attached hydrogens (tertiary/aromatic N) is 2. The van der Waals surface area contributed by atoms with Crippen LogP contribution in [-0.2, 0) is 9.47 Å². The Morgan fingerprint density at radius 2 is 1.85 bits per heavy atom. The lowest BCUT2D eigenvalue weighted by Crippen LogP contribution is -2.51. The first-order chi connectivity index (χ1) is 15.9. The number of rotatable bonds is 6. The zero-order valence-electron chi connectivity index (χ0n) is 18.5. The predicted molar refractivity (Wildman–Crippen MR) is 116 cm³/mol. The first-order valence-corrected chi connectivity index (χ1v) is 11.6. The average molecular weight is 466 g/mol. The van der Waals surface area contributed by atoms with Crippen LogP contribution in [0.2, 0.25) is 0 Å². The molecule has 1 aliphatic heterocycles. The zero-order valence-corrected chi connectivity index (χ0v) is 18.5. The number of hydrogen-bond donors (Lipinski definition) is 1. The van der Waals surface area contributed by atoms with E-state index < -0.39 is 24.9 Å². The number of ether oxygens (including phenoxy) is 2. The van der Waals surface area contributed by atoms with Gasteiger partial charge < -0.3 is 14.4 Å². The summed E-state index contributed by atoms with van der Waals surface area (Å²) in [5, 5.41) is 7.06. The Hall–Kier alpha value is -2.55. The van der Waals surface area contributed by atoms with Gasteiger partial charge in [-0.2, -0.15) is 18.3 Å². The van der Waals surface area contributed by atoms with Crippen LogP contribution in [0.5, 0.6) is 0 Å². The van der Waals surface area contributed by atoms with Crippen LogP contribution in [0.1, 0.15) is 61.6 Å². The maximum absolute atomic E-state index is 12.6. The molecule has 180 valence electrons. The Balaban J connectivity index is 1.38. The minimum atomic E-state index is -4.56. The number of carbonyl (C=O) groups excluding carboxylic acids is 1. The summed E-state index contributed by atoms with van der Waals surface area (Å²) < 4.78 is 48.6. The fourth-order valence-electron chi connectivity index (χ4n) is 5.06. The van der Waals surface area contributed by atoms with Gasteiger partial charge in [0.05, 0.1) is 24.4 Å². The Morgan fingerprint density at radius 3 is 2.52 bits per heavy atom. The molecule has 6 nitrogen and oxygen atoms in total. The first kappa shape index (κ1) is 23.6. The lowest BCUT2D eigenvalue weighted by atomic mass is 9.82. The van der Waals surface area contributed by atoms with Crippen LogP contribution in [0.25, 0.3) is 0 Å². The number of amides is 1. The highest BCUT2D eigenvalue weighted by Gasteiger charge is 2.39. The van der Waals surface area contributed by atoms with Crippen LogP contribution in [-0.4, -0.2) is 59.3 Å². The van der Waals surface area contributed by atoms with Gasteiger partial charge in [0.2, 0.25) is 0 Å². The van der Waals surface area contributed by atoms with Gasteiger partial charge in [0.1, 0.15) is 0 Å². The van der Waals surface area contributed by atoms with Gasteiger partial charge in [0.25, 0.3) is 0 Å². The Kier molecular flexibility index (Phi) is 7.57. The van der Waals surface area contributed by atoms with Gasteiger partial charge in [0, 0.05) is 18.7 Å². The molecule has 1 saturated carbocycles. The second-order valence-corrected chi connectivity index (χ2v) is 8.90. The summed E-state index contributed by atoms with van der Waals surface area (Å²) in [5.74, 6) is 0.399. The highest BCUT2D eigenvalue weighted by atomic mass is 19.4. The molecule has 2 aliphatic rings. The maximum atomic E-state index is 12.6. The molecule has 1 aliphatic carbocycles. The lowest BCUT2D eigenvalue weighted by Gasteiger charge is -2.41. The Morgan fingerprint density at radius 1 is 1.09 bits per heavy atom. The largest absolute Gasteiger partial charge is 0.440 e. The fourth-order valence-corrected chi connectivity index (χ4v) is 5.06. The third-order valence-electron chi connectivity index (χ3n) is 6.72. The van der Waals surface area contributed by atoms with E-state index in [0.29, 0.717) is 18.9 Å². The average Bonchev–Trinajstić information content (AvgIpc) is 3.36. The quantitative estimate of drug-likeness (QED) is 0.620. The van der Waals surface area contributed by atoms with Crippen LogP contribution in [0.15, 0.2) is 42.6 Å². The maximum Gasteiger partial charge on any atom is 0.422 e. The minimum absolute atomic E-state index is 0.0692. The summed E-state index contributed by atoms with van der Waals surface area (Å²) >= 11 is 0. The third-order valence-corrected chi connectivity index (χ3v) is 6.72. The predicted octanol–water partition coefficient (Wildman–Crippen LogP) is 5.40. The number of piperidine rings is 1. The van der Waals surface area contributed by atoms with Crippen LogP contribution in [0, 0.1) is 0 Å². The van der Waals surface area contributed by atoms with Crippen molar-refractivity contribution < 1.29 is 27.4 Å². The smallest absolute Gasteiger partial charge is 0.422 e. The normalized spacial score (nSPS) is 26.2. The Bertz CT molecular complexity index is 868. The monoisotopic (exact) mass is 465 g/mol. The summed E-state index contributed by atoms with van der Waals surface area (Å²) in [6, 6.07) is 11.9. The van der Waals surface area contributed by atoms with Crippen molar-refractivity contribution >= 4 is 6.09 Å². The second-order valence-electron chi connectivity index (χ2n) is 8.90. The van der Waals surface area contributed by atoms with Crippen molar-refractivity contribution in [3.05, 3.63) is 53.9 Å². The number of halogens is 3. The molecule has 1 saturated heterocycles. The van der Waals surface area contributed by atoms with Crippen molar-refractivity contribution in [1.82, 2.24) is 15.1 Å². The summed E-state index contributed by atoms with van der Waals surface area (Å²) in [5.41, 5.74) is 2.13. The first-order valence-electron chi connectivity index (χ1n) is 11.6. The molecule has 1 N–H and O–H groups in total. The number of benzene rings is 1. The van der Waals surface area contributed by atoms with E-state index in [9.17, 15) is 18.0 Å². The van der Waals surface area contributed by atoms with E-state index in [2.05, 4.69) is 39.2 Å². The molecular formula is C24H30F3N3O3. The number of likely N-dealkylation sites (tertiary alicyclic amines) is 1. The molecule has 33 heavy (non-hydrogen) atoms. The molecule has 1 amide bonds. The number of aromatic nitrogens is 2. The van der Waals surface area contributed by atoms with Crippen molar-refractivity contribution in [2.75, 3.05) is 19.8 Å². The van der Waals surface area contributed by atoms with Crippen molar-refractivity contribution in [1.29, 1.82) is 0 Å². The molecule has 2 fully saturated rings. The van der Waals surface area contributed by atoms with Crippen LogP contribution < -0.4 is 0 Å². The summed E-state index contributed by atoms with van der Waals surface area (Å²) in [7, 11) is 0. The summed E-state index contributed by atoms with van der Waals surface area (Å²) in [4.78, 5) is 13.9. The third kappa shape index (κ3) is 6.28. The molecule has 1 aromatic heterocycles. The van der Waals surface area contributed by atoms with E-state index in [4.69, 9.17) is 4.74 Å². The van der Waals surface area contributed by atoms with E-state index in [-0.39, 0.29) is 18.6 Å². The molecule has 4 rings (SSSR count). The van der Waals surface area contributed by atoms with E-state index in [0.717, 1.165) is 37.8 Å². The number of aromatic amines is 1. The molecular weight excluding hydrogens is 435 g/mol. The number of carbonyl (C=O) groups is 1. The fraction of sp³-hybridized carbons (Fsp3) is 0.583. The Labute approximate surface area is 191 Å². The molecule has 2 heterocycles. The van der Waals surface area contributed by atoms with Crippen LogP contribution in [0.4, 0.5) is 18.0 Å². The standard InChI is InChI=1S/C24H30F3N3O3/c25-24(26,27)16-33-23(31)30-14-4-7-20(21-12-13-28-29-21)22(30)15-32-19-10-8-18(9-11-19)17-5-2-1-3-6-17/h1-3,5-6,12-13,18-20,22H,4,7-11,14-16H2,(H,28,29)/t18-,19+,20-,22+/m1/s1. The van der Waals surface area contributed by atoms with Gasteiger partial charge >= 0.3 is 12.3 Å². The van der Waals surface area contributed by atoms with Crippen LogP contribution in [0.3, 0.4) is 0 Å². The van der Waals surface area contributed by atoms with E-state index in [1.807, 2.05) is 12.1 Å². The van der Waals surface area contributed by atoms with Crippen LogP contribution >= 0.6 is 0 Å².